The van der Waals surface area contributed by atoms with Gasteiger partial charge in [-0.1, -0.05) is 0 Å². The van der Waals surface area contributed by atoms with E-state index in [-0.39, 0.29) is 0 Å². The summed E-state index contributed by atoms with van der Waals surface area (Å²) in [5.74, 6) is 0. The molecule has 3 heteroatoms. The molecule has 0 amide bonds. The van der Waals surface area contributed by atoms with Gasteiger partial charge >= 0.3 is 0 Å². The van der Waals surface area contributed by atoms with Gasteiger partial charge in [-0.15, -0.1) is 0 Å². The fraction of sp³-hybridized carbons (Fsp3) is 0.100. The zero-order chi connectivity index (χ0) is 9.26. The van der Waals surface area contributed by atoms with Crippen LogP contribution < -0.4 is 10.3 Å². The molecule has 1 aromatic heterocycles. The monoisotopic (exact) mass is 174 g/mol. The maximum Gasteiger partial charge on any atom is 0.248 e. The minimum Gasteiger partial charge on any atom is -0.399 e. The molecule has 0 unspecified atom stereocenters. The van der Waals surface area contributed by atoms with E-state index in [4.69, 9.17) is 5.73 Å². The van der Waals surface area contributed by atoms with Gasteiger partial charge in [-0.3, -0.25) is 0 Å². The van der Waals surface area contributed by atoms with Gasteiger partial charge in [-0.05, 0) is 24.3 Å². The third-order valence-electron chi connectivity index (χ3n) is 1.96. The summed E-state index contributed by atoms with van der Waals surface area (Å²) in [6.45, 7) is 0. The van der Waals surface area contributed by atoms with Crippen LogP contribution in [0.1, 0.15) is 0 Å². The van der Waals surface area contributed by atoms with E-state index < -0.39 is 0 Å². The van der Waals surface area contributed by atoms with Crippen LogP contribution in [0.4, 0.5) is 5.69 Å². The third kappa shape index (κ3) is 1.54. The van der Waals surface area contributed by atoms with Gasteiger partial charge < -0.3 is 5.73 Å². The molecule has 2 aromatic rings. The van der Waals surface area contributed by atoms with E-state index in [0.29, 0.717) is 0 Å². The molecule has 2 rings (SSSR count). The summed E-state index contributed by atoms with van der Waals surface area (Å²) in [4.78, 5) is 0. The molecule has 0 aliphatic carbocycles. The number of nitrogens with two attached hydrogens (primary N) is 1. The zero-order valence-electron chi connectivity index (χ0n) is 7.51. The van der Waals surface area contributed by atoms with E-state index in [1.807, 2.05) is 59.2 Å². The molecule has 0 bridgehead atoms. The number of nitrogen functional groups attached to an aromatic ring is 1. The highest BCUT2D eigenvalue weighted by Gasteiger charge is 2.02. The molecule has 0 aliphatic rings. The van der Waals surface area contributed by atoms with Crippen LogP contribution in [0.3, 0.4) is 0 Å². The van der Waals surface area contributed by atoms with Crippen molar-refractivity contribution in [1.82, 2.24) is 4.57 Å². The van der Waals surface area contributed by atoms with Crippen LogP contribution in [-0.2, 0) is 7.05 Å². The number of imidazole rings is 1. The van der Waals surface area contributed by atoms with Gasteiger partial charge in [0.25, 0.3) is 0 Å². The number of benzene rings is 1. The Morgan fingerprint density at radius 1 is 1.23 bits per heavy atom. The molecule has 0 spiro atoms. The van der Waals surface area contributed by atoms with E-state index in [9.17, 15) is 0 Å². The molecular weight excluding hydrogens is 162 g/mol. The summed E-state index contributed by atoms with van der Waals surface area (Å²) in [6, 6.07) is 7.79. The first-order chi connectivity index (χ1) is 6.25. The number of aryl methyl sites for hydroxylation is 1. The zero-order valence-corrected chi connectivity index (χ0v) is 7.51. The first-order valence-corrected chi connectivity index (χ1v) is 4.15. The van der Waals surface area contributed by atoms with Crippen molar-refractivity contribution in [2.45, 2.75) is 0 Å². The lowest BCUT2D eigenvalue weighted by Crippen LogP contribution is -2.27. The average Bonchev–Trinajstić information content (AvgIpc) is 2.53. The van der Waals surface area contributed by atoms with E-state index in [1.54, 1.807) is 0 Å². The normalized spacial score (nSPS) is 10.2. The van der Waals surface area contributed by atoms with Crippen molar-refractivity contribution in [3.8, 4) is 5.69 Å². The topological polar surface area (TPSA) is 34.8 Å². The average molecular weight is 174 g/mol. The van der Waals surface area contributed by atoms with Crippen molar-refractivity contribution >= 4 is 5.69 Å². The number of nitrogens with zero attached hydrogens (tertiary/aromatic N) is 2. The van der Waals surface area contributed by atoms with Gasteiger partial charge in [0, 0.05) is 5.69 Å². The molecule has 0 saturated carbocycles. The molecule has 0 aliphatic heterocycles. The molecule has 13 heavy (non-hydrogen) atoms. The number of rotatable bonds is 1. The van der Waals surface area contributed by atoms with Gasteiger partial charge in [0.2, 0.25) is 6.33 Å². The van der Waals surface area contributed by atoms with E-state index >= 15 is 0 Å². The summed E-state index contributed by atoms with van der Waals surface area (Å²) in [6.07, 6.45) is 6.01. The summed E-state index contributed by atoms with van der Waals surface area (Å²) in [7, 11) is 1.99. The molecule has 3 nitrogen and oxygen atoms in total. The Kier molecular flexibility index (Phi) is 1.77. The van der Waals surface area contributed by atoms with Crippen LogP contribution in [-0.4, -0.2) is 4.57 Å². The Bertz CT molecular complexity index is 400. The molecule has 1 aromatic carbocycles. The van der Waals surface area contributed by atoms with E-state index in [1.165, 1.54) is 0 Å². The standard InChI is InChI=1S/C10H12N3/c1-12-6-7-13(8-12)10-4-2-9(11)3-5-10/h2-8H,11H2,1H3/q+1. The molecule has 0 saturated heterocycles. The lowest BCUT2D eigenvalue weighted by molar-refractivity contribution is -0.595. The van der Waals surface area contributed by atoms with Crippen LogP contribution in [0.15, 0.2) is 43.0 Å². The molecule has 0 radical (unpaired) electrons. The minimum atomic E-state index is 0.792. The summed E-state index contributed by atoms with van der Waals surface area (Å²) in [5.41, 5.74) is 7.51. The molecule has 0 fully saturated rings. The molecular formula is C10H12N3+. The molecule has 1 heterocycles. The molecule has 0 atom stereocenters. The maximum absolute atomic E-state index is 5.60. The van der Waals surface area contributed by atoms with Gasteiger partial charge in [0.05, 0.1) is 7.05 Å². The molecule has 2 N–H and O–H groups in total. The SMILES string of the molecule is Cn1cc[n+](-c2ccc(N)cc2)c1. The Morgan fingerprint density at radius 2 is 1.92 bits per heavy atom. The minimum absolute atomic E-state index is 0.792. The van der Waals surface area contributed by atoms with Gasteiger partial charge in [-0.2, -0.15) is 0 Å². The smallest absolute Gasteiger partial charge is 0.248 e. The van der Waals surface area contributed by atoms with Crippen LogP contribution in [0.5, 0.6) is 0 Å². The number of hydrogen-bond acceptors (Lipinski definition) is 1. The third-order valence-corrected chi connectivity index (χ3v) is 1.96. The largest absolute Gasteiger partial charge is 0.399 e. The van der Waals surface area contributed by atoms with Crippen molar-refractivity contribution in [1.29, 1.82) is 0 Å². The van der Waals surface area contributed by atoms with Crippen LogP contribution in [0.2, 0.25) is 0 Å². The van der Waals surface area contributed by atoms with Crippen LogP contribution in [0, 0.1) is 0 Å². The van der Waals surface area contributed by atoms with Crippen LogP contribution in [0.25, 0.3) is 5.69 Å². The lowest BCUT2D eigenvalue weighted by Gasteiger charge is -1.95. The highest BCUT2D eigenvalue weighted by atomic mass is 15.1. The fourth-order valence-electron chi connectivity index (χ4n) is 1.25. The fourth-order valence-corrected chi connectivity index (χ4v) is 1.25. The van der Waals surface area contributed by atoms with E-state index in [0.717, 1.165) is 11.4 Å². The first-order valence-electron chi connectivity index (χ1n) is 4.15. The number of aromatic nitrogens is 2. The highest BCUT2D eigenvalue weighted by molar-refractivity contribution is 5.41. The Morgan fingerprint density at radius 3 is 2.46 bits per heavy atom. The van der Waals surface area contributed by atoms with Crippen molar-refractivity contribution in [3.05, 3.63) is 43.0 Å². The van der Waals surface area contributed by atoms with Crippen LogP contribution >= 0.6 is 0 Å². The molecule has 66 valence electrons. The number of anilines is 1. The van der Waals surface area contributed by atoms with E-state index in [2.05, 4.69) is 0 Å². The quantitative estimate of drug-likeness (QED) is 0.505. The van der Waals surface area contributed by atoms with Crippen molar-refractivity contribution < 1.29 is 4.57 Å². The maximum atomic E-state index is 5.60. The highest BCUT2D eigenvalue weighted by Crippen LogP contribution is 2.04. The van der Waals surface area contributed by atoms with Crippen molar-refractivity contribution in [2.24, 2.45) is 7.05 Å². The number of hydrogen-bond donors (Lipinski definition) is 1. The first kappa shape index (κ1) is 7.86. The summed E-state index contributed by atoms with van der Waals surface area (Å²) >= 11 is 0. The van der Waals surface area contributed by atoms with Gasteiger partial charge in [0.1, 0.15) is 18.1 Å². The van der Waals surface area contributed by atoms with Crippen molar-refractivity contribution in [3.63, 3.8) is 0 Å². The second-order valence-electron chi connectivity index (χ2n) is 3.08. The van der Waals surface area contributed by atoms with Gasteiger partial charge in [0.15, 0.2) is 0 Å². The summed E-state index contributed by atoms with van der Waals surface area (Å²) in [5, 5.41) is 0. The summed E-state index contributed by atoms with van der Waals surface area (Å²) < 4.78 is 4.04. The Labute approximate surface area is 77.0 Å². The Balaban J connectivity index is 2.41. The van der Waals surface area contributed by atoms with Crippen molar-refractivity contribution in [2.75, 3.05) is 5.73 Å². The predicted molar refractivity (Wildman–Crippen MR) is 51.4 cm³/mol. The Hall–Kier alpha value is -1.77. The lowest BCUT2D eigenvalue weighted by atomic mass is 10.3. The predicted octanol–water partition coefficient (Wildman–Crippen LogP) is 0.884. The second-order valence-corrected chi connectivity index (χ2v) is 3.08. The second kappa shape index (κ2) is 2.94. The van der Waals surface area contributed by atoms with Gasteiger partial charge in [-0.25, -0.2) is 9.13 Å².